The molecule has 1 aromatic rings. The van der Waals surface area contributed by atoms with E-state index in [4.69, 9.17) is 4.74 Å². The van der Waals surface area contributed by atoms with Gasteiger partial charge in [0.2, 0.25) is 0 Å². The fourth-order valence-corrected chi connectivity index (χ4v) is 3.20. The number of carbonyl (C=O) groups excluding carboxylic acids is 1. The van der Waals surface area contributed by atoms with Crippen LogP contribution in [0.4, 0.5) is 0 Å². The van der Waals surface area contributed by atoms with Gasteiger partial charge in [0.25, 0.3) is 0 Å². The number of pyridine rings is 1. The predicted octanol–water partition coefficient (Wildman–Crippen LogP) is 1.30. The van der Waals surface area contributed by atoms with Crippen molar-refractivity contribution in [3.05, 3.63) is 30.1 Å². The van der Waals surface area contributed by atoms with Gasteiger partial charge in [0.05, 0.1) is 13.2 Å². The largest absolute Gasteiger partial charge is 0.378 e. The summed E-state index contributed by atoms with van der Waals surface area (Å²) in [5.74, 6) is 0.569. The normalized spacial score (nSPS) is 31.1. The zero-order valence-electron chi connectivity index (χ0n) is 11.3. The minimum atomic E-state index is 0.197. The van der Waals surface area contributed by atoms with Crippen molar-refractivity contribution in [3.63, 3.8) is 0 Å². The molecule has 0 spiro atoms. The van der Waals surface area contributed by atoms with E-state index in [-0.39, 0.29) is 5.92 Å². The molecule has 19 heavy (non-hydrogen) atoms. The standard InChI is InChI=1S/C15H20N2O2/c1-17-13-7-12(8-14(17)10-19-9-13)15(18)6-11-2-4-16-5-3-11/h2-5,12-14H,6-10H2,1H3. The maximum Gasteiger partial charge on any atom is 0.140 e. The third-order valence-corrected chi connectivity index (χ3v) is 4.47. The first-order valence-electron chi connectivity index (χ1n) is 6.95. The van der Waals surface area contributed by atoms with Gasteiger partial charge in [0.1, 0.15) is 5.78 Å². The van der Waals surface area contributed by atoms with Crippen molar-refractivity contribution in [2.45, 2.75) is 31.3 Å². The van der Waals surface area contributed by atoms with Gasteiger partial charge in [-0.1, -0.05) is 0 Å². The van der Waals surface area contributed by atoms with Gasteiger partial charge < -0.3 is 4.74 Å². The van der Waals surface area contributed by atoms with Crippen LogP contribution in [-0.2, 0) is 16.0 Å². The summed E-state index contributed by atoms with van der Waals surface area (Å²) in [6, 6.07) is 4.69. The van der Waals surface area contributed by atoms with E-state index in [1.54, 1.807) is 12.4 Å². The topological polar surface area (TPSA) is 42.4 Å². The van der Waals surface area contributed by atoms with E-state index < -0.39 is 0 Å². The molecule has 0 aliphatic carbocycles. The number of rotatable bonds is 3. The Morgan fingerprint density at radius 1 is 1.32 bits per heavy atom. The van der Waals surface area contributed by atoms with Crippen LogP contribution in [0.2, 0.25) is 0 Å². The van der Waals surface area contributed by atoms with Crippen molar-refractivity contribution < 1.29 is 9.53 Å². The molecular weight excluding hydrogens is 240 g/mol. The molecule has 0 aromatic carbocycles. The summed E-state index contributed by atoms with van der Waals surface area (Å²) < 4.78 is 5.59. The molecule has 4 heteroatoms. The summed E-state index contributed by atoms with van der Waals surface area (Å²) in [6.07, 6.45) is 5.92. The molecule has 3 rings (SSSR count). The average molecular weight is 260 g/mol. The molecule has 2 saturated heterocycles. The lowest BCUT2D eigenvalue weighted by Gasteiger charge is -2.46. The number of morpholine rings is 1. The highest BCUT2D eigenvalue weighted by Crippen LogP contribution is 2.31. The smallest absolute Gasteiger partial charge is 0.140 e. The Hall–Kier alpha value is -1.26. The summed E-state index contributed by atoms with van der Waals surface area (Å²) in [5.41, 5.74) is 1.07. The highest BCUT2D eigenvalue weighted by Gasteiger charge is 2.39. The molecule has 2 atom stereocenters. The van der Waals surface area contributed by atoms with Gasteiger partial charge in [0.15, 0.2) is 0 Å². The Kier molecular flexibility index (Phi) is 3.62. The first kappa shape index (κ1) is 12.8. The zero-order chi connectivity index (χ0) is 13.2. The summed E-state index contributed by atoms with van der Waals surface area (Å²) >= 11 is 0. The number of fused-ring (bicyclic) bond motifs is 2. The molecule has 2 bridgehead atoms. The number of aromatic nitrogens is 1. The van der Waals surface area contributed by atoms with Gasteiger partial charge >= 0.3 is 0 Å². The minimum absolute atomic E-state index is 0.197. The maximum atomic E-state index is 12.4. The fraction of sp³-hybridized carbons (Fsp3) is 0.600. The van der Waals surface area contributed by atoms with E-state index in [0.29, 0.717) is 24.3 Å². The molecule has 2 fully saturated rings. The summed E-state index contributed by atoms with van der Waals surface area (Å²) in [4.78, 5) is 18.8. The van der Waals surface area contributed by atoms with Crippen molar-refractivity contribution in [1.29, 1.82) is 0 Å². The maximum absolute atomic E-state index is 12.4. The Bertz CT molecular complexity index is 435. The number of hydrogen-bond donors (Lipinski definition) is 0. The lowest BCUT2D eigenvalue weighted by molar-refractivity contribution is -0.130. The molecule has 102 valence electrons. The fourth-order valence-electron chi connectivity index (χ4n) is 3.20. The van der Waals surface area contributed by atoms with E-state index in [2.05, 4.69) is 16.9 Å². The van der Waals surface area contributed by atoms with E-state index in [9.17, 15) is 4.79 Å². The molecule has 0 N–H and O–H groups in total. The van der Waals surface area contributed by atoms with Gasteiger partial charge in [-0.15, -0.1) is 0 Å². The number of Topliss-reactive ketones (excluding diaryl/α,β-unsaturated/α-hetero) is 1. The molecule has 2 unspecified atom stereocenters. The predicted molar refractivity (Wildman–Crippen MR) is 71.8 cm³/mol. The van der Waals surface area contributed by atoms with E-state index >= 15 is 0 Å². The molecule has 0 amide bonds. The number of ether oxygens (including phenoxy) is 1. The second-order valence-electron chi connectivity index (χ2n) is 5.68. The minimum Gasteiger partial charge on any atom is -0.378 e. The van der Waals surface area contributed by atoms with Crippen LogP contribution < -0.4 is 0 Å². The highest BCUT2D eigenvalue weighted by molar-refractivity contribution is 5.83. The first-order valence-corrected chi connectivity index (χ1v) is 6.95. The molecule has 2 aliphatic rings. The molecule has 0 saturated carbocycles. The van der Waals surface area contributed by atoms with E-state index in [1.165, 1.54) is 0 Å². The second-order valence-corrected chi connectivity index (χ2v) is 5.68. The number of piperidine rings is 1. The molecule has 2 aliphatic heterocycles. The van der Waals surface area contributed by atoms with Gasteiger partial charge in [-0.25, -0.2) is 0 Å². The van der Waals surface area contributed by atoms with Crippen LogP contribution in [0.1, 0.15) is 18.4 Å². The lowest BCUT2D eigenvalue weighted by Crippen LogP contribution is -2.55. The SMILES string of the molecule is CN1C2COCC1CC(C(=O)Cc1ccncc1)C2. The van der Waals surface area contributed by atoms with Gasteiger partial charge in [-0.05, 0) is 37.6 Å². The van der Waals surface area contributed by atoms with Gasteiger partial charge in [-0.2, -0.15) is 0 Å². The van der Waals surface area contributed by atoms with Crippen molar-refractivity contribution in [2.24, 2.45) is 5.92 Å². The molecular formula is C15H20N2O2. The summed E-state index contributed by atoms with van der Waals surface area (Å²) in [5, 5.41) is 0. The Morgan fingerprint density at radius 2 is 1.95 bits per heavy atom. The van der Waals surface area contributed by atoms with Crippen molar-refractivity contribution in [1.82, 2.24) is 9.88 Å². The van der Waals surface area contributed by atoms with Crippen molar-refractivity contribution in [3.8, 4) is 0 Å². The third-order valence-electron chi connectivity index (χ3n) is 4.47. The number of nitrogens with zero attached hydrogens (tertiary/aromatic N) is 2. The van der Waals surface area contributed by atoms with Crippen LogP contribution in [0, 0.1) is 5.92 Å². The quantitative estimate of drug-likeness (QED) is 0.821. The Labute approximate surface area is 113 Å². The van der Waals surface area contributed by atoms with E-state index in [1.807, 2.05) is 12.1 Å². The van der Waals surface area contributed by atoms with Crippen LogP contribution in [0.5, 0.6) is 0 Å². The monoisotopic (exact) mass is 260 g/mol. The Balaban J connectivity index is 1.65. The van der Waals surface area contributed by atoms with Crippen molar-refractivity contribution in [2.75, 3.05) is 20.3 Å². The average Bonchev–Trinajstić information content (AvgIpc) is 2.39. The molecule has 3 heterocycles. The van der Waals surface area contributed by atoms with Crippen LogP contribution >= 0.6 is 0 Å². The molecule has 0 radical (unpaired) electrons. The molecule has 4 nitrogen and oxygen atoms in total. The van der Waals surface area contributed by atoms with Crippen LogP contribution in [-0.4, -0.2) is 48.0 Å². The van der Waals surface area contributed by atoms with Crippen molar-refractivity contribution >= 4 is 5.78 Å². The second kappa shape index (κ2) is 5.39. The number of likely N-dealkylation sites (N-methyl/N-ethyl adjacent to an activating group) is 1. The summed E-state index contributed by atoms with van der Waals surface area (Å²) in [7, 11) is 2.15. The summed E-state index contributed by atoms with van der Waals surface area (Å²) in [6.45, 7) is 1.54. The van der Waals surface area contributed by atoms with Crippen LogP contribution in [0.3, 0.4) is 0 Å². The lowest BCUT2D eigenvalue weighted by atomic mass is 9.81. The first-order chi connectivity index (χ1) is 9.24. The third kappa shape index (κ3) is 2.69. The highest BCUT2D eigenvalue weighted by atomic mass is 16.5. The van der Waals surface area contributed by atoms with Gasteiger partial charge in [0, 0.05) is 36.8 Å². The number of carbonyl (C=O) groups is 1. The Morgan fingerprint density at radius 3 is 2.58 bits per heavy atom. The van der Waals surface area contributed by atoms with E-state index in [0.717, 1.165) is 31.6 Å². The number of hydrogen-bond acceptors (Lipinski definition) is 4. The molecule has 1 aromatic heterocycles. The van der Waals surface area contributed by atoms with Crippen LogP contribution in [0.25, 0.3) is 0 Å². The number of ketones is 1. The zero-order valence-corrected chi connectivity index (χ0v) is 11.3. The van der Waals surface area contributed by atoms with Gasteiger partial charge in [-0.3, -0.25) is 14.7 Å². The van der Waals surface area contributed by atoms with Crippen LogP contribution in [0.15, 0.2) is 24.5 Å².